The molecule has 0 amide bonds. The molecule has 0 saturated carbocycles. The molecule has 2 N–H and O–H groups in total. The van der Waals surface area contributed by atoms with Crippen molar-refractivity contribution in [3.63, 3.8) is 0 Å². The van der Waals surface area contributed by atoms with Crippen molar-refractivity contribution < 1.29 is 10.2 Å². The molecule has 0 aromatic carbocycles. The van der Waals surface area contributed by atoms with Gasteiger partial charge in [-0.1, -0.05) is 27.2 Å². The standard InChI is InChI=1S/C10H22O2/c1-4-6-10(12,8-11)7-5-9(2)3/h9,11-12H,4-8H2,1-3H3. The second kappa shape index (κ2) is 5.55. The van der Waals surface area contributed by atoms with E-state index in [0.717, 1.165) is 19.3 Å². The summed E-state index contributed by atoms with van der Waals surface area (Å²) in [6, 6.07) is 0. The Kier molecular flexibility index (Phi) is 5.51. The first-order valence-corrected chi connectivity index (χ1v) is 4.87. The number of hydrogen-bond acceptors (Lipinski definition) is 2. The summed E-state index contributed by atoms with van der Waals surface area (Å²) in [5.41, 5.74) is -0.820. The fraction of sp³-hybridized carbons (Fsp3) is 1.00. The lowest BCUT2D eigenvalue weighted by atomic mass is 9.90. The molecule has 0 spiro atoms. The third kappa shape index (κ3) is 4.73. The van der Waals surface area contributed by atoms with E-state index in [9.17, 15) is 5.11 Å². The summed E-state index contributed by atoms with van der Waals surface area (Å²) in [5, 5.41) is 18.8. The number of aliphatic hydroxyl groups excluding tert-OH is 1. The average Bonchev–Trinajstić information content (AvgIpc) is 2.02. The zero-order chi connectivity index (χ0) is 9.61. The van der Waals surface area contributed by atoms with Gasteiger partial charge in [0.25, 0.3) is 0 Å². The highest BCUT2D eigenvalue weighted by molar-refractivity contribution is 4.77. The maximum Gasteiger partial charge on any atom is 0.0877 e. The van der Waals surface area contributed by atoms with Gasteiger partial charge in [0, 0.05) is 0 Å². The third-order valence-electron chi connectivity index (χ3n) is 2.20. The highest BCUT2D eigenvalue weighted by atomic mass is 16.3. The van der Waals surface area contributed by atoms with Crippen molar-refractivity contribution in [2.75, 3.05) is 6.61 Å². The number of aliphatic hydroxyl groups is 2. The van der Waals surface area contributed by atoms with E-state index >= 15 is 0 Å². The van der Waals surface area contributed by atoms with Crippen LogP contribution in [0.2, 0.25) is 0 Å². The molecule has 0 bridgehead atoms. The molecule has 0 saturated heterocycles. The number of hydrogen-bond donors (Lipinski definition) is 2. The summed E-state index contributed by atoms with van der Waals surface area (Å²) >= 11 is 0. The van der Waals surface area contributed by atoms with Gasteiger partial charge >= 0.3 is 0 Å². The Balaban J connectivity index is 3.78. The van der Waals surface area contributed by atoms with Gasteiger partial charge < -0.3 is 10.2 Å². The van der Waals surface area contributed by atoms with Crippen LogP contribution in [0.4, 0.5) is 0 Å². The van der Waals surface area contributed by atoms with E-state index in [2.05, 4.69) is 13.8 Å². The van der Waals surface area contributed by atoms with Gasteiger partial charge in [-0.15, -0.1) is 0 Å². The largest absolute Gasteiger partial charge is 0.393 e. The Hall–Kier alpha value is -0.0800. The molecule has 0 rings (SSSR count). The van der Waals surface area contributed by atoms with E-state index in [0.29, 0.717) is 12.3 Å². The first-order chi connectivity index (χ1) is 5.54. The molecular formula is C10H22O2. The van der Waals surface area contributed by atoms with E-state index < -0.39 is 5.60 Å². The lowest BCUT2D eigenvalue weighted by molar-refractivity contribution is -0.0318. The zero-order valence-electron chi connectivity index (χ0n) is 8.51. The summed E-state index contributed by atoms with van der Waals surface area (Å²) in [7, 11) is 0. The summed E-state index contributed by atoms with van der Waals surface area (Å²) in [4.78, 5) is 0. The maximum atomic E-state index is 9.82. The van der Waals surface area contributed by atoms with Gasteiger partial charge in [0.1, 0.15) is 0 Å². The maximum absolute atomic E-state index is 9.82. The quantitative estimate of drug-likeness (QED) is 0.646. The van der Waals surface area contributed by atoms with Crippen LogP contribution in [0.5, 0.6) is 0 Å². The molecule has 2 heteroatoms. The molecule has 0 aromatic rings. The smallest absolute Gasteiger partial charge is 0.0877 e. The summed E-state index contributed by atoms with van der Waals surface area (Å²) in [6.07, 6.45) is 3.33. The Bertz CT molecular complexity index is 112. The first kappa shape index (κ1) is 11.9. The zero-order valence-corrected chi connectivity index (χ0v) is 8.51. The van der Waals surface area contributed by atoms with Crippen molar-refractivity contribution in [2.45, 2.75) is 52.1 Å². The van der Waals surface area contributed by atoms with Gasteiger partial charge in [0.2, 0.25) is 0 Å². The lowest BCUT2D eigenvalue weighted by Gasteiger charge is -2.26. The Morgan fingerprint density at radius 3 is 2.17 bits per heavy atom. The van der Waals surface area contributed by atoms with Gasteiger partial charge in [0.15, 0.2) is 0 Å². The van der Waals surface area contributed by atoms with Crippen molar-refractivity contribution in [2.24, 2.45) is 5.92 Å². The van der Waals surface area contributed by atoms with Crippen molar-refractivity contribution in [1.82, 2.24) is 0 Å². The molecule has 0 aliphatic rings. The number of rotatable bonds is 6. The third-order valence-corrected chi connectivity index (χ3v) is 2.20. The molecule has 74 valence electrons. The molecule has 1 unspecified atom stereocenters. The molecule has 0 heterocycles. The topological polar surface area (TPSA) is 40.5 Å². The minimum atomic E-state index is -0.820. The predicted molar refractivity (Wildman–Crippen MR) is 51.0 cm³/mol. The average molecular weight is 174 g/mol. The van der Waals surface area contributed by atoms with Crippen molar-refractivity contribution in [1.29, 1.82) is 0 Å². The van der Waals surface area contributed by atoms with Crippen molar-refractivity contribution >= 4 is 0 Å². The normalized spacial score (nSPS) is 16.5. The van der Waals surface area contributed by atoms with Gasteiger partial charge in [-0.2, -0.15) is 0 Å². The van der Waals surface area contributed by atoms with Gasteiger partial charge in [-0.3, -0.25) is 0 Å². The molecule has 1 atom stereocenters. The SMILES string of the molecule is CCCC(O)(CO)CCC(C)C. The molecule has 0 aliphatic heterocycles. The van der Waals surface area contributed by atoms with E-state index in [1.54, 1.807) is 0 Å². The van der Waals surface area contributed by atoms with Gasteiger partial charge in [-0.05, 0) is 25.2 Å². The van der Waals surface area contributed by atoms with Crippen LogP contribution in [0, 0.1) is 5.92 Å². The second-order valence-corrected chi connectivity index (χ2v) is 4.06. The summed E-state index contributed by atoms with van der Waals surface area (Å²) in [5.74, 6) is 0.597. The van der Waals surface area contributed by atoms with Crippen molar-refractivity contribution in [3.8, 4) is 0 Å². The van der Waals surface area contributed by atoms with Crippen LogP contribution in [0.25, 0.3) is 0 Å². The molecule has 0 aliphatic carbocycles. The molecular weight excluding hydrogens is 152 g/mol. The van der Waals surface area contributed by atoms with E-state index in [1.807, 2.05) is 6.92 Å². The van der Waals surface area contributed by atoms with E-state index in [-0.39, 0.29) is 6.61 Å². The highest BCUT2D eigenvalue weighted by Gasteiger charge is 2.24. The van der Waals surface area contributed by atoms with Crippen LogP contribution in [-0.4, -0.2) is 22.4 Å². The molecule has 2 nitrogen and oxygen atoms in total. The minimum Gasteiger partial charge on any atom is -0.393 e. The lowest BCUT2D eigenvalue weighted by Crippen LogP contribution is -2.33. The Morgan fingerprint density at radius 2 is 1.83 bits per heavy atom. The molecule has 0 aromatic heterocycles. The molecule has 0 fully saturated rings. The van der Waals surface area contributed by atoms with Crippen LogP contribution in [0.3, 0.4) is 0 Å². The molecule has 12 heavy (non-hydrogen) atoms. The van der Waals surface area contributed by atoms with Crippen molar-refractivity contribution in [3.05, 3.63) is 0 Å². The first-order valence-electron chi connectivity index (χ1n) is 4.87. The van der Waals surface area contributed by atoms with Crippen LogP contribution in [-0.2, 0) is 0 Å². The van der Waals surface area contributed by atoms with Gasteiger partial charge in [-0.25, -0.2) is 0 Å². The van der Waals surface area contributed by atoms with Crippen LogP contribution in [0.1, 0.15) is 46.5 Å². The predicted octanol–water partition coefficient (Wildman–Crippen LogP) is 1.95. The summed E-state index contributed by atoms with van der Waals surface area (Å²) in [6.45, 7) is 6.18. The Labute approximate surface area is 75.6 Å². The molecule has 0 radical (unpaired) electrons. The van der Waals surface area contributed by atoms with E-state index in [1.165, 1.54) is 0 Å². The van der Waals surface area contributed by atoms with Crippen LogP contribution >= 0.6 is 0 Å². The highest BCUT2D eigenvalue weighted by Crippen LogP contribution is 2.21. The second-order valence-electron chi connectivity index (χ2n) is 4.06. The van der Waals surface area contributed by atoms with Gasteiger partial charge in [0.05, 0.1) is 12.2 Å². The fourth-order valence-electron chi connectivity index (χ4n) is 1.31. The van der Waals surface area contributed by atoms with Crippen LogP contribution in [0.15, 0.2) is 0 Å². The minimum absolute atomic E-state index is 0.104. The Morgan fingerprint density at radius 1 is 1.25 bits per heavy atom. The monoisotopic (exact) mass is 174 g/mol. The van der Waals surface area contributed by atoms with Crippen LogP contribution < -0.4 is 0 Å². The van der Waals surface area contributed by atoms with E-state index in [4.69, 9.17) is 5.11 Å². The summed E-state index contributed by atoms with van der Waals surface area (Å²) < 4.78 is 0. The fourth-order valence-corrected chi connectivity index (χ4v) is 1.31.